The smallest absolute Gasteiger partial charge is 0.414 e. The van der Waals surface area contributed by atoms with Gasteiger partial charge in [0.25, 0.3) is 5.95 Å². The van der Waals surface area contributed by atoms with Gasteiger partial charge in [-0.15, -0.1) is 0 Å². The summed E-state index contributed by atoms with van der Waals surface area (Å²) in [6, 6.07) is 12.6. The Morgan fingerprint density at radius 1 is 1.13 bits per heavy atom. The fourth-order valence-corrected chi connectivity index (χ4v) is 3.76. The van der Waals surface area contributed by atoms with Gasteiger partial charge < -0.3 is 19.2 Å². The third-order valence-electron chi connectivity index (χ3n) is 5.10. The monoisotopic (exact) mass is 435 g/mol. The molecule has 1 amide bonds. The summed E-state index contributed by atoms with van der Waals surface area (Å²) in [5.41, 5.74) is 2.17. The van der Waals surface area contributed by atoms with Crippen molar-refractivity contribution in [2.45, 2.75) is 37.7 Å². The number of ether oxygens (including phenoxy) is 2. The van der Waals surface area contributed by atoms with Gasteiger partial charge in [-0.1, -0.05) is 23.7 Å². The van der Waals surface area contributed by atoms with E-state index in [1.54, 1.807) is 12.1 Å². The Labute approximate surface area is 176 Å². The molecular weight excluding hydrogens is 416 g/mol. The van der Waals surface area contributed by atoms with E-state index in [1.807, 2.05) is 30.3 Å². The Hall–Kier alpha value is -2.80. The Balaban J connectivity index is 1.50. The van der Waals surface area contributed by atoms with Crippen molar-refractivity contribution in [2.24, 2.45) is 0 Å². The molecular formula is C22H20ClF2NO4. The number of halogens is 3. The van der Waals surface area contributed by atoms with Gasteiger partial charge in [0.15, 0.2) is 5.58 Å². The molecule has 1 N–H and O–H groups in total. The molecule has 0 unspecified atom stereocenters. The average Bonchev–Trinajstić information content (AvgIpc) is 3.13. The second-order valence-electron chi connectivity index (χ2n) is 7.28. The molecule has 1 fully saturated rings. The number of hydrogen-bond acceptors (Lipinski definition) is 4. The van der Waals surface area contributed by atoms with Gasteiger partial charge in [-0.05, 0) is 48.2 Å². The van der Waals surface area contributed by atoms with Gasteiger partial charge in [0.05, 0.1) is 11.1 Å². The molecule has 4 rings (SSSR count). The van der Waals surface area contributed by atoms with Gasteiger partial charge in [0.1, 0.15) is 5.75 Å². The van der Waals surface area contributed by atoms with Crippen LogP contribution in [-0.4, -0.2) is 25.2 Å². The first-order chi connectivity index (χ1) is 14.3. The van der Waals surface area contributed by atoms with Crippen LogP contribution in [0.25, 0.3) is 22.1 Å². The van der Waals surface area contributed by atoms with E-state index in [1.165, 1.54) is 7.05 Å². The molecule has 1 aromatic heterocycles. The molecule has 0 atom stereocenters. The van der Waals surface area contributed by atoms with Gasteiger partial charge in [-0.25, -0.2) is 13.6 Å². The molecule has 0 aliphatic heterocycles. The van der Waals surface area contributed by atoms with Gasteiger partial charge in [0.2, 0.25) is 5.92 Å². The van der Waals surface area contributed by atoms with Crippen LogP contribution in [0.3, 0.4) is 0 Å². The SMILES string of the molecule is CNC(=O)Oc1cc2cc(-c3ccc(OC4CCC(F)(F)CC4)cc3)cc(Cl)c2o1. The van der Waals surface area contributed by atoms with Crippen molar-refractivity contribution in [1.29, 1.82) is 0 Å². The van der Waals surface area contributed by atoms with Crippen LogP contribution in [0.2, 0.25) is 5.02 Å². The fraction of sp³-hybridized carbons (Fsp3) is 0.318. The molecule has 1 heterocycles. The fourth-order valence-electron chi connectivity index (χ4n) is 3.50. The van der Waals surface area contributed by atoms with Gasteiger partial charge in [0, 0.05) is 31.3 Å². The van der Waals surface area contributed by atoms with Crippen molar-refractivity contribution in [3.63, 3.8) is 0 Å². The number of furan rings is 1. The van der Waals surface area contributed by atoms with E-state index in [4.69, 9.17) is 25.5 Å². The molecule has 5 nitrogen and oxygen atoms in total. The van der Waals surface area contributed by atoms with Crippen LogP contribution < -0.4 is 14.8 Å². The minimum absolute atomic E-state index is 0.0465. The second kappa shape index (κ2) is 8.14. The Kier molecular flexibility index (Phi) is 5.56. The molecule has 1 saturated carbocycles. The lowest BCUT2D eigenvalue weighted by Crippen LogP contribution is -2.30. The van der Waals surface area contributed by atoms with Gasteiger partial charge >= 0.3 is 6.09 Å². The molecule has 158 valence electrons. The number of carbonyl (C=O) groups excluding carboxylic acids is 1. The lowest BCUT2D eigenvalue weighted by atomic mass is 9.94. The highest BCUT2D eigenvalue weighted by atomic mass is 35.5. The van der Waals surface area contributed by atoms with Crippen molar-refractivity contribution in [3.8, 4) is 22.8 Å². The number of carbonyl (C=O) groups is 1. The molecule has 3 aromatic rings. The summed E-state index contributed by atoms with van der Waals surface area (Å²) in [4.78, 5) is 11.4. The van der Waals surface area contributed by atoms with E-state index in [2.05, 4.69) is 5.32 Å². The molecule has 8 heteroatoms. The Morgan fingerprint density at radius 2 is 1.83 bits per heavy atom. The number of fused-ring (bicyclic) bond motifs is 1. The van der Waals surface area contributed by atoms with Crippen molar-refractivity contribution in [3.05, 3.63) is 47.5 Å². The van der Waals surface area contributed by atoms with Crippen LogP contribution in [0.1, 0.15) is 25.7 Å². The van der Waals surface area contributed by atoms with Crippen LogP contribution >= 0.6 is 11.6 Å². The summed E-state index contributed by atoms with van der Waals surface area (Å²) in [5, 5.41) is 3.43. The predicted molar refractivity (Wildman–Crippen MR) is 110 cm³/mol. The highest BCUT2D eigenvalue weighted by Gasteiger charge is 2.35. The normalized spacial score (nSPS) is 16.4. The minimum Gasteiger partial charge on any atom is -0.490 e. The van der Waals surface area contributed by atoms with E-state index in [9.17, 15) is 13.6 Å². The van der Waals surface area contributed by atoms with Crippen molar-refractivity contribution >= 4 is 28.7 Å². The van der Waals surface area contributed by atoms with Crippen molar-refractivity contribution in [1.82, 2.24) is 5.32 Å². The number of nitrogens with one attached hydrogen (secondary N) is 1. The summed E-state index contributed by atoms with van der Waals surface area (Å²) >= 11 is 6.34. The summed E-state index contributed by atoms with van der Waals surface area (Å²) in [7, 11) is 1.45. The maximum absolute atomic E-state index is 13.3. The third-order valence-corrected chi connectivity index (χ3v) is 5.38. The molecule has 1 aliphatic rings. The summed E-state index contributed by atoms with van der Waals surface area (Å²) in [6.45, 7) is 0. The molecule has 0 saturated heterocycles. The number of alkyl halides is 2. The topological polar surface area (TPSA) is 60.7 Å². The standard InChI is InChI=1S/C22H20ClF2NO4/c1-26-21(27)30-19-12-15-10-14(11-18(23)20(15)29-19)13-2-4-16(5-3-13)28-17-6-8-22(24,25)9-7-17/h2-5,10-12,17H,6-9H2,1H3,(H,26,27). The average molecular weight is 436 g/mol. The zero-order valence-corrected chi connectivity index (χ0v) is 17.0. The predicted octanol–water partition coefficient (Wildman–Crippen LogP) is 6.43. The van der Waals surface area contributed by atoms with Crippen molar-refractivity contribution in [2.75, 3.05) is 7.05 Å². The minimum atomic E-state index is -2.57. The molecule has 30 heavy (non-hydrogen) atoms. The first-order valence-corrected chi connectivity index (χ1v) is 9.98. The Morgan fingerprint density at radius 3 is 2.50 bits per heavy atom. The highest BCUT2D eigenvalue weighted by Crippen LogP contribution is 2.37. The van der Waals surface area contributed by atoms with Crippen LogP contribution in [0.4, 0.5) is 13.6 Å². The number of amides is 1. The molecule has 0 radical (unpaired) electrons. The largest absolute Gasteiger partial charge is 0.490 e. The van der Waals surface area contributed by atoms with Crippen molar-refractivity contribution < 1.29 is 27.5 Å². The lowest BCUT2D eigenvalue weighted by Gasteiger charge is -2.28. The Bertz CT molecular complexity index is 1050. The molecule has 2 aromatic carbocycles. The number of rotatable bonds is 4. The van der Waals surface area contributed by atoms with E-state index < -0.39 is 12.0 Å². The zero-order chi connectivity index (χ0) is 21.3. The van der Waals surface area contributed by atoms with Gasteiger partial charge in [-0.3, -0.25) is 0 Å². The van der Waals surface area contributed by atoms with E-state index >= 15 is 0 Å². The van der Waals surface area contributed by atoms with E-state index in [-0.39, 0.29) is 24.9 Å². The molecule has 1 aliphatic carbocycles. The van der Waals surface area contributed by atoms with Gasteiger partial charge in [-0.2, -0.15) is 0 Å². The van der Waals surface area contributed by atoms with Crippen LogP contribution in [0.5, 0.6) is 11.7 Å². The maximum atomic E-state index is 13.3. The zero-order valence-electron chi connectivity index (χ0n) is 16.2. The number of hydrogen-bond donors (Lipinski definition) is 1. The van der Waals surface area contributed by atoms with Crippen LogP contribution in [0.15, 0.2) is 46.9 Å². The first-order valence-electron chi connectivity index (χ1n) is 9.60. The van der Waals surface area contributed by atoms with E-state index in [0.717, 1.165) is 11.1 Å². The third kappa shape index (κ3) is 4.51. The second-order valence-corrected chi connectivity index (χ2v) is 7.69. The highest BCUT2D eigenvalue weighted by molar-refractivity contribution is 6.35. The van der Waals surface area contributed by atoms with E-state index in [0.29, 0.717) is 34.6 Å². The molecule has 0 spiro atoms. The summed E-state index contributed by atoms with van der Waals surface area (Å²) < 4.78 is 42.9. The number of benzene rings is 2. The first kappa shape index (κ1) is 20.5. The van der Waals surface area contributed by atoms with Crippen LogP contribution in [-0.2, 0) is 0 Å². The summed E-state index contributed by atoms with van der Waals surface area (Å²) in [6.07, 6.45) is -0.396. The lowest BCUT2D eigenvalue weighted by molar-refractivity contribution is -0.0582. The van der Waals surface area contributed by atoms with Crippen LogP contribution in [0, 0.1) is 0 Å². The quantitative estimate of drug-likeness (QED) is 0.513. The molecule has 0 bridgehead atoms. The maximum Gasteiger partial charge on any atom is 0.414 e. The summed E-state index contributed by atoms with van der Waals surface area (Å²) in [5.74, 6) is -1.88.